The molecule has 25 heavy (non-hydrogen) atoms. The summed E-state index contributed by atoms with van der Waals surface area (Å²) in [6.07, 6.45) is 3.39. The lowest BCUT2D eigenvalue weighted by Crippen LogP contribution is -2.29. The Morgan fingerprint density at radius 1 is 1.44 bits per heavy atom. The van der Waals surface area contributed by atoms with Crippen LogP contribution in [0.15, 0.2) is 24.4 Å². The molecule has 1 aromatic heterocycles. The van der Waals surface area contributed by atoms with Crippen LogP contribution in [0.1, 0.15) is 40.7 Å². The van der Waals surface area contributed by atoms with E-state index in [0.717, 1.165) is 48.4 Å². The van der Waals surface area contributed by atoms with Gasteiger partial charge in [0.25, 0.3) is 0 Å². The van der Waals surface area contributed by atoms with E-state index in [1.807, 2.05) is 6.20 Å². The maximum absolute atomic E-state index is 13.7. The maximum atomic E-state index is 13.7. The van der Waals surface area contributed by atoms with Crippen LogP contribution in [-0.2, 0) is 13.0 Å². The molecular formula is C19H23FN4O. The lowest BCUT2D eigenvalue weighted by Gasteiger charge is -2.26. The lowest BCUT2D eigenvalue weighted by molar-refractivity contribution is 0.0875. The molecule has 0 unspecified atom stereocenters. The number of nitrogens with one attached hydrogen (secondary N) is 1. The first-order chi connectivity index (χ1) is 12.1. The van der Waals surface area contributed by atoms with Crippen molar-refractivity contribution in [3.63, 3.8) is 0 Å². The van der Waals surface area contributed by atoms with Gasteiger partial charge in [0.05, 0.1) is 5.92 Å². The third-order valence-electron chi connectivity index (χ3n) is 5.43. The third kappa shape index (κ3) is 2.70. The van der Waals surface area contributed by atoms with Crippen molar-refractivity contribution in [2.45, 2.75) is 32.2 Å². The second-order valence-corrected chi connectivity index (χ2v) is 6.84. The van der Waals surface area contributed by atoms with E-state index in [-0.39, 0.29) is 17.6 Å². The summed E-state index contributed by atoms with van der Waals surface area (Å²) in [6.45, 7) is 5.61. The molecular weight excluding hydrogens is 319 g/mol. The number of nitrogens with zero attached hydrogens (tertiary/aromatic N) is 2. The molecule has 0 spiro atoms. The number of halogens is 1. The normalized spacial score (nSPS) is 19.8. The van der Waals surface area contributed by atoms with Gasteiger partial charge in [-0.25, -0.2) is 4.39 Å². The Morgan fingerprint density at radius 3 is 3.08 bits per heavy atom. The monoisotopic (exact) mass is 342 g/mol. The molecule has 0 bridgehead atoms. The summed E-state index contributed by atoms with van der Waals surface area (Å²) in [4.78, 5) is 15.5. The van der Waals surface area contributed by atoms with Crippen LogP contribution in [0.4, 0.5) is 15.9 Å². The number of rotatable bonds is 2. The number of hydrogen-bond acceptors (Lipinski definition) is 4. The van der Waals surface area contributed by atoms with Crippen molar-refractivity contribution in [1.29, 1.82) is 0 Å². The summed E-state index contributed by atoms with van der Waals surface area (Å²) in [7, 11) is 0. The van der Waals surface area contributed by atoms with E-state index in [1.54, 1.807) is 10.6 Å². The van der Waals surface area contributed by atoms with E-state index in [2.05, 4.69) is 17.1 Å². The molecule has 1 atom stereocenters. The van der Waals surface area contributed by atoms with Crippen molar-refractivity contribution in [2.24, 2.45) is 0 Å². The van der Waals surface area contributed by atoms with Gasteiger partial charge in [0.2, 0.25) is 5.91 Å². The molecule has 6 heteroatoms. The van der Waals surface area contributed by atoms with Crippen LogP contribution in [0.25, 0.3) is 0 Å². The summed E-state index contributed by atoms with van der Waals surface area (Å²) in [5, 5.41) is 3.24. The summed E-state index contributed by atoms with van der Waals surface area (Å²) in [5.41, 5.74) is 10.1. The summed E-state index contributed by atoms with van der Waals surface area (Å²) >= 11 is 0. The molecule has 2 aliphatic heterocycles. The molecule has 5 nitrogen and oxygen atoms in total. The summed E-state index contributed by atoms with van der Waals surface area (Å²) in [5.74, 6) is -0.209. The Morgan fingerprint density at radius 2 is 2.28 bits per heavy atom. The molecule has 132 valence electrons. The van der Waals surface area contributed by atoms with Gasteiger partial charge in [0, 0.05) is 37.1 Å². The number of nitrogens with two attached hydrogens (primary N) is 1. The van der Waals surface area contributed by atoms with E-state index in [1.165, 1.54) is 12.1 Å². The zero-order chi connectivity index (χ0) is 17.6. The zero-order valence-corrected chi connectivity index (χ0v) is 14.4. The van der Waals surface area contributed by atoms with E-state index >= 15 is 0 Å². The van der Waals surface area contributed by atoms with Gasteiger partial charge in [0.15, 0.2) is 0 Å². The van der Waals surface area contributed by atoms with E-state index < -0.39 is 0 Å². The number of fused-ring (bicyclic) bond motifs is 2. The first-order valence-corrected chi connectivity index (χ1v) is 8.87. The van der Waals surface area contributed by atoms with Gasteiger partial charge in [-0.1, -0.05) is 6.92 Å². The minimum Gasteiger partial charge on any atom is -0.385 e. The van der Waals surface area contributed by atoms with Gasteiger partial charge in [0.1, 0.15) is 11.6 Å². The highest BCUT2D eigenvalue weighted by molar-refractivity contribution is 5.91. The standard InChI is InChI=1S/C19H23FN4O/c1-2-23-8-6-14-12(10-23)11-24(18(14)21)19(25)15-5-7-22-17-4-3-13(20)9-16(15)17/h3-4,9,11,15,22H,2,5-8,10,21H2,1H3/t15-/m1/s1. The molecule has 0 fully saturated rings. The number of likely N-dealkylation sites (N-methyl/N-ethyl adjacent to an activating group) is 1. The van der Waals surface area contributed by atoms with E-state index in [0.29, 0.717) is 18.8 Å². The zero-order valence-electron chi connectivity index (χ0n) is 14.4. The van der Waals surface area contributed by atoms with Gasteiger partial charge in [-0.05, 0) is 48.7 Å². The van der Waals surface area contributed by atoms with Crippen LogP contribution in [0.2, 0.25) is 0 Å². The third-order valence-corrected chi connectivity index (χ3v) is 5.43. The average molecular weight is 342 g/mol. The molecule has 0 radical (unpaired) electrons. The summed E-state index contributed by atoms with van der Waals surface area (Å²) in [6, 6.07) is 4.58. The average Bonchev–Trinajstić information content (AvgIpc) is 2.96. The van der Waals surface area contributed by atoms with Crippen molar-refractivity contribution in [3.05, 3.63) is 46.9 Å². The number of carbonyl (C=O) groups is 1. The second kappa shape index (κ2) is 6.19. The van der Waals surface area contributed by atoms with Crippen molar-refractivity contribution in [1.82, 2.24) is 9.47 Å². The number of aromatic nitrogens is 1. The van der Waals surface area contributed by atoms with Crippen molar-refractivity contribution < 1.29 is 9.18 Å². The van der Waals surface area contributed by atoms with E-state index in [9.17, 15) is 9.18 Å². The minimum absolute atomic E-state index is 0.0664. The fourth-order valence-corrected chi connectivity index (χ4v) is 3.99. The topological polar surface area (TPSA) is 63.3 Å². The Labute approximate surface area is 146 Å². The van der Waals surface area contributed by atoms with Gasteiger partial charge in [-0.3, -0.25) is 14.3 Å². The molecule has 0 aliphatic carbocycles. The van der Waals surface area contributed by atoms with Crippen LogP contribution in [0, 0.1) is 5.82 Å². The van der Waals surface area contributed by atoms with Gasteiger partial charge < -0.3 is 11.1 Å². The van der Waals surface area contributed by atoms with Crippen molar-refractivity contribution >= 4 is 17.4 Å². The Bertz CT molecular complexity index is 829. The second-order valence-electron chi connectivity index (χ2n) is 6.84. The first-order valence-electron chi connectivity index (χ1n) is 8.87. The Balaban J connectivity index is 1.69. The number of anilines is 2. The molecule has 0 saturated carbocycles. The van der Waals surface area contributed by atoms with Crippen LogP contribution in [0.5, 0.6) is 0 Å². The maximum Gasteiger partial charge on any atom is 0.239 e. The lowest BCUT2D eigenvalue weighted by atomic mass is 9.90. The SMILES string of the molecule is CCN1CCc2c(cn(C(=O)[C@@H]3CCNc4ccc(F)cc43)c2N)C1. The molecule has 2 aromatic rings. The van der Waals surface area contributed by atoms with Gasteiger partial charge in [-0.2, -0.15) is 0 Å². The molecule has 3 heterocycles. The smallest absolute Gasteiger partial charge is 0.239 e. The van der Waals surface area contributed by atoms with Crippen molar-refractivity contribution in [2.75, 3.05) is 30.7 Å². The number of carbonyl (C=O) groups excluding carboxylic acids is 1. The highest BCUT2D eigenvalue weighted by Crippen LogP contribution is 2.35. The highest BCUT2D eigenvalue weighted by atomic mass is 19.1. The van der Waals surface area contributed by atoms with Gasteiger partial charge >= 0.3 is 0 Å². The number of benzene rings is 1. The molecule has 0 saturated heterocycles. The first kappa shape index (κ1) is 16.1. The molecule has 4 rings (SSSR count). The molecule has 3 N–H and O–H groups in total. The fourth-order valence-electron chi connectivity index (χ4n) is 3.99. The number of hydrogen-bond donors (Lipinski definition) is 2. The predicted molar refractivity (Wildman–Crippen MR) is 96.4 cm³/mol. The van der Waals surface area contributed by atoms with Crippen LogP contribution in [0.3, 0.4) is 0 Å². The quantitative estimate of drug-likeness (QED) is 0.881. The molecule has 0 amide bonds. The van der Waals surface area contributed by atoms with Crippen LogP contribution < -0.4 is 11.1 Å². The van der Waals surface area contributed by atoms with Gasteiger partial charge in [-0.15, -0.1) is 0 Å². The predicted octanol–water partition coefficient (Wildman–Crippen LogP) is 2.83. The minimum atomic E-state index is -0.370. The largest absolute Gasteiger partial charge is 0.385 e. The fraction of sp³-hybridized carbons (Fsp3) is 0.421. The highest BCUT2D eigenvalue weighted by Gasteiger charge is 2.31. The van der Waals surface area contributed by atoms with E-state index in [4.69, 9.17) is 5.73 Å². The number of nitrogen functional groups attached to an aromatic ring is 1. The molecule has 2 aliphatic rings. The van der Waals surface area contributed by atoms with Crippen LogP contribution >= 0.6 is 0 Å². The van der Waals surface area contributed by atoms with Crippen LogP contribution in [-0.4, -0.2) is 35.0 Å². The Kier molecular flexibility index (Phi) is 4.00. The Hall–Kier alpha value is -2.34. The molecule has 1 aromatic carbocycles. The van der Waals surface area contributed by atoms with Crippen molar-refractivity contribution in [3.8, 4) is 0 Å². The summed E-state index contributed by atoms with van der Waals surface area (Å²) < 4.78 is 15.3.